The highest BCUT2D eigenvalue weighted by molar-refractivity contribution is 5.72. The number of ether oxygens (including phenoxy) is 1. The Morgan fingerprint density at radius 3 is 2.38 bits per heavy atom. The fraction of sp³-hybridized carbons (Fsp3) is 0.417. The number of hydrogen-bond donors (Lipinski definition) is 2. The van der Waals surface area contributed by atoms with Crippen LogP contribution in [0.15, 0.2) is 30.3 Å². The van der Waals surface area contributed by atoms with Gasteiger partial charge < -0.3 is 15.8 Å². The van der Waals surface area contributed by atoms with Crippen LogP contribution in [-0.2, 0) is 4.74 Å². The number of carbonyl (C=O) groups is 1. The summed E-state index contributed by atoms with van der Waals surface area (Å²) in [6.07, 6.45) is 0. The third-order valence-corrected chi connectivity index (χ3v) is 2.64. The molecule has 0 aliphatic rings. The molecular weight excluding hydrogens is 204 g/mol. The van der Waals surface area contributed by atoms with Crippen LogP contribution in [0.2, 0.25) is 0 Å². The van der Waals surface area contributed by atoms with Crippen LogP contribution >= 0.6 is 0 Å². The maximum absolute atomic E-state index is 11.0. The second-order valence-electron chi connectivity index (χ2n) is 4.16. The molecule has 0 saturated carbocycles. The molecule has 0 fully saturated rings. The fourth-order valence-corrected chi connectivity index (χ4v) is 1.56. The second kappa shape index (κ2) is 4.99. The number of hydrogen-bond acceptors (Lipinski definition) is 2. The average molecular weight is 222 g/mol. The molecule has 0 heterocycles. The summed E-state index contributed by atoms with van der Waals surface area (Å²) >= 11 is 0. The van der Waals surface area contributed by atoms with Gasteiger partial charge in [0, 0.05) is 7.11 Å². The third kappa shape index (κ3) is 2.97. The molecule has 4 heteroatoms. The van der Waals surface area contributed by atoms with Crippen molar-refractivity contribution in [2.75, 3.05) is 7.11 Å². The predicted molar refractivity (Wildman–Crippen MR) is 63.0 cm³/mol. The number of amides is 2. The lowest BCUT2D eigenvalue weighted by Gasteiger charge is -2.33. The van der Waals surface area contributed by atoms with Crippen molar-refractivity contribution >= 4 is 6.03 Å². The van der Waals surface area contributed by atoms with Gasteiger partial charge in [-0.15, -0.1) is 0 Å². The van der Waals surface area contributed by atoms with E-state index in [0.29, 0.717) is 0 Å². The average Bonchev–Trinajstić information content (AvgIpc) is 2.27. The summed E-state index contributed by atoms with van der Waals surface area (Å²) in [6, 6.07) is 8.79. The van der Waals surface area contributed by atoms with E-state index in [4.69, 9.17) is 10.5 Å². The smallest absolute Gasteiger partial charge is 0.312 e. The van der Waals surface area contributed by atoms with Crippen LogP contribution in [-0.4, -0.2) is 18.7 Å². The van der Waals surface area contributed by atoms with E-state index < -0.39 is 11.6 Å². The van der Waals surface area contributed by atoms with Gasteiger partial charge in [-0.05, 0) is 19.4 Å². The van der Waals surface area contributed by atoms with Crippen molar-refractivity contribution < 1.29 is 9.53 Å². The molecule has 0 spiro atoms. The highest BCUT2D eigenvalue weighted by atomic mass is 16.5. The van der Waals surface area contributed by atoms with E-state index in [2.05, 4.69) is 5.32 Å². The van der Waals surface area contributed by atoms with Crippen molar-refractivity contribution in [1.29, 1.82) is 0 Å². The standard InChI is InChI=1S/C12H18N2O2/c1-12(2,16-3)10(14-11(13)15)9-7-5-4-6-8-9/h4-8,10H,1-3H3,(H3,13,14,15). The molecule has 3 N–H and O–H groups in total. The minimum absolute atomic E-state index is 0.267. The largest absolute Gasteiger partial charge is 0.376 e. The number of primary amides is 1. The zero-order valence-corrected chi connectivity index (χ0v) is 9.86. The molecule has 88 valence electrons. The Hall–Kier alpha value is -1.55. The molecule has 0 saturated heterocycles. The summed E-state index contributed by atoms with van der Waals surface area (Å²) in [6.45, 7) is 3.81. The van der Waals surface area contributed by atoms with E-state index in [1.54, 1.807) is 7.11 Å². The zero-order valence-electron chi connectivity index (χ0n) is 9.86. The van der Waals surface area contributed by atoms with E-state index in [0.717, 1.165) is 5.56 Å². The monoisotopic (exact) mass is 222 g/mol. The molecule has 0 radical (unpaired) electrons. The molecule has 2 amide bonds. The maximum atomic E-state index is 11.0. The molecule has 1 aromatic rings. The highest BCUT2D eigenvalue weighted by Gasteiger charge is 2.31. The Kier molecular flexibility index (Phi) is 3.90. The first kappa shape index (κ1) is 12.5. The molecule has 0 aliphatic carbocycles. The number of benzene rings is 1. The second-order valence-corrected chi connectivity index (χ2v) is 4.16. The van der Waals surface area contributed by atoms with Gasteiger partial charge in [0.25, 0.3) is 0 Å². The highest BCUT2D eigenvalue weighted by Crippen LogP contribution is 2.27. The molecule has 16 heavy (non-hydrogen) atoms. The molecule has 0 aliphatic heterocycles. The van der Waals surface area contributed by atoms with Gasteiger partial charge in [0.05, 0.1) is 11.6 Å². The van der Waals surface area contributed by atoms with Gasteiger partial charge >= 0.3 is 6.03 Å². The normalized spacial score (nSPS) is 13.2. The minimum Gasteiger partial charge on any atom is -0.376 e. The summed E-state index contributed by atoms with van der Waals surface area (Å²) in [5.74, 6) is 0. The number of nitrogens with two attached hydrogens (primary N) is 1. The topological polar surface area (TPSA) is 64.3 Å². The van der Waals surface area contributed by atoms with Gasteiger partial charge in [-0.25, -0.2) is 4.79 Å². The van der Waals surface area contributed by atoms with Crippen LogP contribution in [0, 0.1) is 0 Å². The molecule has 1 unspecified atom stereocenters. The molecule has 1 aromatic carbocycles. The van der Waals surface area contributed by atoms with E-state index in [-0.39, 0.29) is 6.04 Å². The SMILES string of the molecule is COC(C)(C)C(NC(N)=O)c1ccccc1. The van der Waals surface area contributed by atoms with Crippen molar-refractivity contribution in [3.63, 3.8) is 0 Å². The molecule has 1 rings (SSSR count). The van der Waals surface area contributed by atoms with Gasteiger partial charge in [0.15, 0.2) is 0 Å². The quantitative estimate of drug-likeness (QED) is 0.816. The Balaban J connectivity index is 3.01. The van der Waals surface area contributed by atoms with E-state index in [9.17, 15) is 4.79 Å². The van der Waals surface area contributed by atoms with Crippen LogP contribution in [0.25, 0.3) is 0 Å². The predicted octanol–water partition coefficient (Wildman–Crippen LogP) is 1.82. The zero-order chi connectivity index (χ0) is 12.2. The summed E-state index contributed by atoms with van der Waals surface area (Å²) in [4.78, 5) is 11.0. The van der Waals surface area contributed by atoms with Crippen molar-refractivity contribution in [3.05, 3.63) is 35.9 Å². The van der Waals surface area contributed by atoms with Crippen LogP contribution in [0.5, 0.6) is 0 Å². The molecule has 0 bridgehead atoms. The van der Waals surface area contributed by atoms with Crippen molar-refractivity contribution in [2.24, 2.45) is 5.73 Å². The van der Waals surface area contributed by atoms with Gasteiger partial charge in [0.2, 0.25) is 0 Å². The Morgan fingerprint density at radius 2 is 1.94 bits per heavy atom. The first-order chi connectivity index (χ1) is 7.47. The fourth-order valence-electron chi connectivity index (χ4n) is 1.56. The van der Waals surface area contributed by atoms with Crippen LogP contribution in [0.3, 0.4) is 0 Å². The van der Waals surface area contributed by atoms with Crippen molar-refractivity contribution in [2.45, 2.75) is 25.5 Å². The number of methoxy groups -OCH3 is 1. The summed E-state index contributed by atoms with van der Waals surface area (Å²) in [5, 5.41) is 2.70. The summed E-state index contributed by atoms with van der Waals surface area (Å²) < 4.78 is 5.38. The van der Waals surface area contributed by atoms with E-state index in [1.165, 1.54) is 0 Å². The Labute approximate surface area is 95.8 Å². The molecule has 4 nitrogen and oxygen atoms in total. The number of nitrogens with one attached hydrogen (secondary N) is 1. The van der Waals surface area contributed by atoms with Gasteiger partial charge in [0.1, 0.15) is 0 Å². The Bertz CT molecular complexity index is 349. The lowest BCUT2D eigenvalue weighted by Crippen LogP contribution is -2.45. The summed E-state index contributed by atoms with van der Waals surface area (Å²) in [7, 11) is 1.61. The van der Waals surface area contributed by atoms with Crippen LogP contribution < -0.4 is 11.1 Å². The van der Waals surface area contributed by atoms with Gasteiger partial charge in [-0.3, -0.25) is 0 Å². The third-order valence-electron chi connectivity index (χ3n) is 2.64. The Morgan fingerprint density at radius 1 is 1.38 bits per heavy atom. The van der Waals surface area contributed by atoms with Gasteiger partial charge in [-0.2, -0.15) is 0 Å². The van der Waals surface area contributed by atoms with Gasteiger partial charge in [-0.1, -0.05) is 30.3 Å². The van der Waals surface area contributed by atoms with E-state index >= 15 is 0 Å². The van der Waals surface area contributed by atoms with Crippen molar-refractivity contribution in [1.82, 2.24) is 5.32 Å². The lowest BCUT2D eigenvalue weighted by atomic mass is 9.91. The first-order valence-electron chi connectivity index (χ1n) is 5.13. The molecule has 0 aromatic heterocycles. The number of rotatable bonds is 4. The summed E-state index contributed by atoms with van der Waals surface area (Å²) in [5.41, 5.74) is 5.62. The van der Waals surface area contributed by atoms with E-state index in [1.807, 2.05) is 44.2 Å². The lowest BCUT2D eigenvalue weighted by molar-refractivity contribution is -0.00756. The van der Waals surface area contributed by atoms with Crippen molar-refractivity contribution in [3.8, 4) is 0 Å². The molecule has 1 atom stereocenters. The number of urea groups is 1. The van der Waals surface area contributed by atoms with Crippen LogP contribution in [0.4, 0.5) is 4.79 Å². The molecular formula is C12H18N2O2. The first-order valence-corrected chi connectivity index (χ1v) is 5.13. The van der Waals surface area contributed by atoms with Crippen LogP contribution in [0.1, 0.15) is 25.5 Å². The minimum atomic E-state index is -0.557. The number of carbonyl (C=O) groups excluding carboxylic acids is 1. The maximum Gasteiger partial charge on any atom is 0.312 e.